The van der Waals surface area contributed by atoms with E-state index in [1.807, 2.05) is 57.2 Å². The smallest absolute Gasteiger partial charge is 0.407 e. The highest BCUT2D eigenvalue weighted by atomic mass is 16.6. The molecule has 7 nitrogen and oxygen atoms in total. The maximum absolute atomic E-state index is 11.7. The van der Waals surface area contributed by atoms with Gasteiger partial charge in [-0.15, -0.1) is 0 Å². The summed E-state index contributed by atoms with van der Waals surface area (Å²) < 4.78 is 10.6. The Bertz CT molecular complexity index is 943. The Morgan fingerprint density at radius 3 is 2.57 bits per heavy atom. The van der Waals surface area contributed by atoms with E-state index in [-0.39, 0.29) is 0 Å². The van der Waals surface area contributed by atoms with Gasteiger partial charge in [0.2, 0.25) is 0 Å². The molecule has 3 aromatic rings. The van der Waals surface area contributed by atoms with Crippen molar-refractivity contribution in [3.05, 3.63) is 65.5 Å². The maximum atomic E-state index is 11.7. The van der Waals surface area contributed by atoms with Gasteiger partial charge in [0.05, 0.1) is 11.3 Å². The van der Waals surface area contributed by atoms with E-state index in [1.54, 1.807) is 12.3 Å². The number of nitrogen functional groups attached to an aromatic ring is 1. The van der Waals surface area contributed by atoms with Crippen LogP contribution in [0.25, 0.3) is 11.3 Å². The van der Waals surface area contributed by atoms with Crippen LogP contribution in [0.2, 0.25) is 0 Å². The van der Waals surface area contributed by atoms with E-state index in [0.29, 0.717) is 24.5 Å². The van der Waals surface area contributed by atoms with Gasteiger partial charge in [-0.2, -0.15) is 0 Å². The number of aromatic nitrogens is 2. The second kappa shape index (κ2) is 8.12. The van der Waals surface area contributed by atoms with E-state index in [4.69, 9.17) is 15.0 Å². The number of alkyl carbamates (subject to hydrolysis) is 1. The number of nitrogens with one attached hydrogen (secondary N) is 1. The summed E-state index contributed by atoms with van der Waals surface area (Å²) in [5.41, 5.74) is 8.97. The molecule has 3 N–H and O–H groups in total. The van der Waals surface area contributed by atoms with Crippen molar-refractivity contribution in [2.75, 3.05) is 5.73 Å². The van der Waals surface area contributed by atoms with Crippen LogP contribution in [0.15, 0.2) is 53.2 Å². The molecule has 0 unspecified atom stereocenters. The zero-order chi connectivity index (χ0) is 20.1. The lowest BCUT2D eigenvalue weighted by Crippen LogP contribution is -2.32. The van der Waals surface area contributed by atoms with Gasteiger partial charge in [-0.05, 0) is 44.0 Å². The lowest BCUT2D eigenvalue weighted by atomic mass is 10.1. The third-order valence-corrected chi connectivity index (χ3v) is 3.91. The van der Waals surface area contributed by atoms with E-state index in [0.717, 1.165) is 22.4 Å². The van der Waals surface area contributed by atoms with Crippen LogP contribution < -0.4 is 11.1 Å². The Labute approximate surface area is 163 Å². The van der Waals surface area contributed by atoms with Gasteiger partial charge in [0, 0.05) is 25.2 Å². The van der Waals surface area contributed by atoms with Gasteiger partial charge in [-0.3, -0.25) is 0 Å². The zero-order valence-electron chi connectivity index (χ0n) is 16.2. The molecule has 28 heavy (non-hydrogen) atoms. The summed E-state index contributed by atoms with van der Waals surface area (Å²) in [5, 5.41) is 6.86. The van der Waals surface area contributed by atoms with Crippen LogP contribution >= 0.6 is 0 Å². The number of pyridine rings is 1. The highest BCUT2D eigenvalue weighted by Gasteiger charge is 2.15. The van der Waals surface area contributed by atoms with Crippen molar-refractivity contribution in [3.63, 3.8) is 0 Å². The number of amides is 1. The van der Waals surface area contributed by atoms with Gasteiger partial charge in [-0.1, -0.05) is 29.4 Å². The number of ether oxygens (including phenoxy) is 1. The summed E-state index contributed by atoms with van der Waals surface area (Å²) in [6.45, 7) is 5.90. The Morgan fingerprint density at radius 2 is 1.89 bits per heavy atom. The SMILES string of the molecule is CC(C)(C)OC(=O)NCc1ccc(Cc2cc(-c3cccnc3N)on2)cc1. The molecule has 0 radical (unpaired) electrons. The molecular weight excluding hydrogens is 356 g/mol. The molecule has 2 heterocycles. The summed E-state index contributed by atoms with van der Waals surface area (Å²) in [4.78, 5) is 15.8. The Kier molecular flexibility index (Phi) is 5.63. The van der Waals surface area contributed by atoms with Crippen molar-refractivity contribution in [1.82, 2.24) is 15.5 Å². The van der Waals surface area contributed by atoms with Gasteiger partial charge in [-0.25, -0.2) is 9.78 Å². The molecule has 146 valence electrons. The lowest BCUT2D eigenvalue weighted by molar-refractivity contribution is 0.0523. The van der Waals surface area contributed by atoms with Crippen LogP contribution in [0, 0.1) is 0 Å². The van der Waals surface area contributed by atoms with Crippen molar-refractivity contribution >= 4 is 11.9 Å². The normalized spacial score (nSPS) is 11.2. The molecule has 0 fully saturated rings. The minimum Gasteiger partial charge on any atom is -0.444 e. The molecule has 0 aliphatic carbocycles. The van der Waals surface area contributed by atoms with E-state index >= 15 is 0 Å². The summed E-state index contributed by atoms with van der Waals surface area (Å²) in [6, 6.07) is 13.4. The van der Waals surface area contributed by atoms with Crippen molar-refractivity contribution in [2.24, 2.45) is 0 Å². The third-order valence-electron chi connectivity index (χ3n) is 3.91. The second-order valence-corrected chi connectivity index (χ2v) is 7.47. The molecule has 1 aromatic carbocycles. The molecule has 0 bridgehead atoms. The fourth-order valence-electron chi connectivity index (χ4n) is 2.62. The molecular formula is C21H24N4O3. The average Bonchev–Trinajstić information content (AvgIpc) is 3.08. The van der Waals surface area contributed by atoms with Crippen LogP contribution in [-0.2, 0) is 17.7 Å². The molecule has 3 rings (SSSR count). The molecule has 0 saturated carbocycles. The quantitative estimate of drug-likeness (QED) is 0.695. The second-order valence-electron chi connectivity index (χ2n) is 7.47. The minimum atomic E-state index is -0.509. The van der Waals surface area contributed by atoms with Gasteiger partial charge < -0.3 is 20.3 Å². The number of anilines is 1. The molecule has 1 amide bonds. The number of carbonyl (C=O) groups is 1. The van der Waals surface area contributed by atoms with Gasteiger partial charge in [0.15, 0.2) is 5.76 Å². The fourth-order valence-corrected chi connectivity index (χ4v) is 2.62. The van der Waals surface area contributed by atoms with Crippen molar-refractivity contribution in [2.45, 2.75) is 39.3 Å². The van der Waals surface area contributed by atoms with Crippen molar-refractivity contribution in [1.29, 1.82) is 0 Å². The van der Waals surface area contributed by atoms with Gasteiger partial charge in [0.25, 0.3) is 0 Å². The molecule has 0 saturated heterocycles. The van der Waals surface area contributed by atoms with Crippen molar-refractivity contribution < 1.29 is 14.1 Å². The fraction of sp³-hybridized carbons (Fsp3) is 0.286. The van der Waals surface area contributed by atoms with Crippen LogP contribution in [-0.4, -0.2) is 21.8 Å². The first-order chi connectivity index (χ1) is 13.3. The first-order valence-corrected chi connectivity index (χ1v) is 9.01. The maximum Gasteiger partial charge on any atom is 0.407 e. The molecule has 0 atom stereocenters. The van der Waals surface area contributed by atoms with Gasteiger partial charge >= 0.3 is 6.09 Å². The Hall–Kier alpha value is -3.35. The summed E-state index contributed by atoms with van der Waals surface area (Å²) in [5.74, 6) is 1.01. The van der Waals surface area contributed by atoms with E-state index in [1.165, 1.54) is 0 Å². The standard InChI is InChI=1S/C21H24N4O3/c1-21(2,3)27-20(26)24-13-15-8-6-14(7-9-15)11-16-12-18(28-25-16)17-5-4-10-23-19(17)22/h4-10,12H,11,13H2,1-3H3,(H2,22,23)(H,24,26). The largest absolute Gasteiger partial charge is 0.444 e. The highest BCUT2D eigenvalue weighted by molar-refractivity contribution is 5.69. The molecule has 0 spiro atoms. The minimum absolute atomic E-state index is 0.406. The van der Waals surface area contributed by atoms with Gasteiger partial charge in [0.1, 0.15) is 11.4 Å². The monoisotopic (exact) mass is 380 g/mol. The number of nitrogens with zero attached hydrogens (tertiary/aromatic N) is 2. The predicted molar refractivity (Wildman–Crippen MR) is 106 cm³/mol. The summed E-state index contributed by atoms with van der Waals surface area (Å²) in [7, 11) is 0. The lowest BCUT2D eigenvalue weighted by Gasteiger charge is -2.19. The topological polar surface area (TPSA) is 103 Å². The number of hydrogen-bond acceptors (Lipinski definition) is 6. The first-order valence-electron chi connectivity index (χ1n) is 9.01. The summed E-state index contributed by atoms with van der Waals surface area (Å²) in [6.07, 6.45) is 1.83. The first kappa shape index (κ1) is 19.4. The van der Waals surface area contributed by atoms with Crippen LogP contribution in [0.4, 0.5) is 10.6 Å². The van der Waals surface area contributed by atoms with E-state index in [2.05, 4.69) is 15.5 Å². The summed E-state index contributed by atoms with van der Waals surface area (Å²) >= 11 is 0. The Morgan fingerprint density at radius 1 is 1.18 bits per heavy atom. The predicted octanol–water partition coefficient (Wildman–Crippen LogP) is 3.93. The number of nitrogens with two attached hydrogens (primary N) is 1. The number of hydrogen-bond donors (Lipinski definition) is 2. The molecule has 0 aliphatic rings. The molecule has 2 aromatic heterocycles. The Balaban J connectivity index is 1.58. The van der Waals surface area contributed by atoms with Crippen LogP contribution in [0.1, 0.15) is 37.6 Å². The number of rotatable bonds is 5. The average molecular weight is 380 g/mol. The zero-order valence-corrected chi connectivity index (χ0v) is 16.2. The van der Waals surface area contributed by atoms with Crippen molar-refractivity contribution in [3.8, 4) is 11.3 Å². The number of benzene rings is 1. The molecule has 0 aliphatic heterocycles. The van der Waals surface area contributed by atoms with Crippen LogP contribution in [0.3, 0.4) is 0 Å². The van der Waals surface area contributed by atoms with E-state index < -0.39 is 11.7 Å². The number of carbonyl (C=O) groups excluding carboxylic acids is 1. The molecule has 7 heteroatoms. The van der Waals surface area contributed by atoms with E-state index in [9.17, 15) is 4.79 Å². The van der Waals surface area contributed by atoms with Crippen LogP contribution in [0.5, 0.6) is 0 Å². The highest BCUT2D eigenvalue weighted by Crippen LogP contribution is 2.25. The third kappa shape index (κ3) is 5.33.